The van der Waals surface area contributed by atoms with E-state index in [2.05, 4.69) is 5.32 Å². The van der Waals surface area contributed by atoms with Gasteiger partial charge in [-0.1, -0.05) is 0 Å². The highest BCUT2D eigenvalue weighted by molar-refractivity contribution is 7.98. The summed E-state index contributed by atoms with van der Waals surface area (Å²) in [5.41, 5.74) is 0. The van der Waals surface area contributed by atoms with E-state index in [4.69, 9.17) is 9.84 Å². The maximum Gasteiger partial charge on any atom is 0.326 e. The summed E-state index contributed by atoms with van der Waals surface area (Å²) in [6.07, 6.45) is 3.42. The highest BCUT2D eigenvalue weighted by Crippen LogP contribution is 2.12. The number of carbonyl (C=O) groups excluding carboxylic acids is 1. The van der Waals surface area contributed by atoms with Crippen LogP contribution in [0.2, 0.25) is 0 Å². The van der Waals surface area contributed by atoms with E-state index < -0.39 is 18.1 Å². The molecular formula is C10H17NO4S. The zero-order chi connectivity index (χ0) is 12.0. The maximum absolute atomic E-state index is 11.6. The van der Waals surface area contributed by atoms with Crippen LogP contribution >= 0.6 is 11.8 Å². The van der Waals surface area contributed by atoms with E-state index in [1.807, 2.05) is 6.26 Å². The highest BCUT2D eigenvalue weighted by Gasteiger charge is 2.27. The molecule has 0 aliphatic carbocycles. The Hall–Kier alpha value is -0.750. The molecule has 0 bridgehead atoms. The zero-order valence-electron chi connectivity index (χ0n) is 9.27. The molecule has 2 N–H and O–H groups in total. The molecule has 1 saturated heterocycles. The zero-order valence-corrected chi connectivity index (χ0v) is 10.1. The molecule has 1 fully saturated rings. The van der Waals surface area contributed by atoms with Crippen molar-refractivity contribution < 1.29 is 19.4 Å². The molecule has 1 unspecified atom stereocenters. The molecular weight excluding hydrogens is 230 g/mol. The maximum atomic E-state index is 11.6. The molecule has 0 aromatic rings. The molecule has 0 aromatic heterocycles. The Bertz CT molecular complexity index is 253. The van der Waals surface area contributed by atoms with E-state index in [9.17, 15) is 9.59 Å². The molecule has 0 aromatic carbocycles. The van der Waals surface area contributed by atoms with Gasteiger partial charge in [-0.05, 0) is 31.3 Å². The number of rotatable bonds is 6. The van der Waals surface area contributed by atoms with Crippen molar-refractivity contribution >= 4 is 23.6 Å². The van der Waals surface area contributed by atoms with Crippen LogP contribution in [0.15, 0.2) is 0 Å². The summed E-state index contributed by atoms with van der Waals surface area (Å²) >= 11 is 1.56. The van der Waals surface area contributed by atoms with E-state index in [0.29, 0.717) is 25.2 Å². The Kier molecular flexibility index (Phi) is 5.62. The normalized spacial score (nSPS) is 21.7. The van der Waals surface area contributed by atoms with Crippen molar-refractivity contribution in [3.05, 3.63) is 0 Å². The lowest BCUT2D eigenvalue weighted by molar-refractivity contribution is -0.143. The summed E-state index contributed by atoms with van der Waals surface area (Å²) in [6, 6.07) is -0.802. The van der Waals surface area contributed by atoms with Gasteiger partial charge in [-0.2, -0.15) is 11.8 Å². The Labute approximate surface area is 98.9 Å². The van der Waals surface area contributed by atoms with Gasteiger partial charge in [0.15, 0.2) is 0 Å². The molecule has 92 valence electrons. The first kappa shape index (κ1) is 13.3. The second-order valence-electron chi connectivity index (χ2n) is 3.68. The molecule has 5 nitrogen and oxygen atoms in total. The van der Waals surface area contributed by atoms with Gasteiger partial charge < -0.3 is 15.2 Å². The smallest absolute Gasteiger partial charge is 0.326 e. The van der Waals surface area contributed by atoms with E-state index in [-0.39, 0.29) is 5.91 Å². The number of hydrogen-bond donors (Lipinski definition) is 2. The fourth-order valence-corrected chi connectivity index (χ4v) is 2.01. The molecule has 6 heteroatoms. The van der Waals surface area contributed by atoms with Gasteiger partial charge in [-0.3, -0.25) is 4.79 Å². The van der Waals surface area contributed by atoms with Crippen LogP contribution in [0.4, 0.5) is 0 Å². The lowest BCUT2D eigenvalue weighted by Crippen LogP contribution is -2.45. The van der Waals surface area contributed by atoms with Gasteiger partial charge in [0, 0.05) is 6.61 Å². The molecule has 0 spiro atoms. The fraction of sp³-hybridized carbons (Fsp3) is 0.800. The van der Waals surface area contributed by atoms with Gasteiger partial charge in [0.25, 0.3) is 0 Å². The van der Waals surface area contributed by atoms with Gasteiger partial charge >= 0.3 is 5.97 Å². The van der Waals surface area contributed by atoms with Crippen molar-refractivity contribution in [3.8, 4) is 0 Å². The SMILES string of the molecule is CSCC[C@@H](NC(=O)C1CCCO1)C(=O)O. The van der Waals surface area contributed by atoms with Crippen molar-refractivity contribution in [3.63, 3.8) is 0 Å². The van der Waals surface area contributed by atoms with Crippen LogP contribution in [0, 0.1) is 0 Å². The van der Waals surface area contributed by atoms with Crippen LogP contribution in [0.25, 0.3) is 0 Å². The quantitative estimate of drug-likeness (QED) is 0.714. The summed E-state index contributed by atoms with van der Waals surface area (Å²) < 4.78 is 5.19. The monoisotopic (exact) mass is 247 g/mol. The third kappa shape index (κ3) is 4.02. The molecule has 1 aliphatic heterocycles. The number of thioether (sulfide) groups is 1. The number of hydrogen-bond acceptors (Lipinski definition) is 4. The topological polar surface area (TPSA) is 75.6 Å². The third-order valence-electron chi connectivity index (χ3n) is 2.45. The minimum atomic E-state index is -0.986. The average Bonchev–Trinajstić information content (AvgIpc) is 2.76. The molecule has 0 radical (unpaired) electrons. The molecule has 16 heavy (non-hydrogen) atoms. The first-order valence-electron chi connectivity index (χ1n) is 5.29. The number of carboxylic acid groups (broad SMARTS) is 1. The van der Waals surface area contributed by atoms with Gasteiger partial charge in [0.1, 0.15) is 12.1 Å². The second kappa shape index (κ2) is 6.75. The average molecular weight is 247 g/mol. The van der Waals surface area contributed by atoms with Crippen molar-refractivity contribution in [2.45, 2.75) is 31.4 Å². The van der Waals surface area contributed by atoms with Crippen molar-refractivity contribution in [2.24, 2.45) is 0 Å². The van der Waals surface area contributed by atoms with Crippen molar-refractivity contribution in [1.82, 2.24) is 5.32 Å². The number of nitrogens with one attached hydrogen (secondary N) is 1. The van der Waals surface area contributed by atoms with E-state index in [1.54, 1.807) is 11.8 Å². The minimum absolute atomic E-state index is 0.300. The Morgan fingerprint density at radius 1 is 1.62 bits per heavy atom. The molecule has 2 atom stereocenters. The molecule has 1 aliphatic rings. The molecule has 1 heterocycles. The van der Waals surface area contributed by atoms with Crippen LogP contribution in [0.5, 0.6) is 0 Å². The van der Waals surface area contributed by atoms with Crippen LogP contribution in [0.3, 0.4) is 0 Å². The van der Waals surface area contributed by atoms with Gasteiger partial charge in [0.2, 0.25) is 5.91 Å². The van der Waals surface area contributed by atoms with Crippen molar-refractivity contribution in [2.75, 3.05) is 18.6 Å². The minimum Gasteiger partial charge on any atom is -0.480 e. The predicted molar refractivity (Wildman–Crippen MR) is 61.5 cm³/mol. The molecule has 1 rings (SSSR count). The first-order valence-corrected chi connectivity index (χ1v) is 6.68. The van der Waals surface area contributed by atoms with E-state index in [1.165, 1.54) is 0 Å². The number of ether oxygens (including phenoxy) is 1. The summed E-state index contributed by atoms with van der Waals surface area (Å²) in [5.74, 6) is -0.575. The first-order chi connectivity index (χ1) is 7.65. The van der Waals surface area contributed by atoms with Gasteiger partial charge in [-0.15, -0.1) is 0 Å². The number of carboxylic acids is 1. The highest BCUT2D eigenvalue weighted by atomic mass is 32.2. The van der Waals surface area contributed by atoms with Crippen LogP contribution < -0.4 is 5.32 Å². The summed E-state index contributed by atoms with van der Waals surface area (Å²) in [6.45, 7) is 0.584. The largest absolute Gasteiger partial charge is 0.480 e. The Balaban J connectivity index is 2.40. The Morgan fingerprint density at radius 2 is 2.38 bits per heavy atom. The van der Waals surface area contributed by atoms with Crippen molar-refractivity contribution in [1.29, 1.82) is 0 Å². The summed E-state index contributed by atoms with van der Waals surface area (Å²) in [5, 5.41) is 11.4. The third-order valence-corrected chi connectivity index (χ3v) is 3.09. The van der Waals surface area contributed by atoms with Crippen LogP contribution in [-0.4, -0.2) is 47.7 Å². The molecule has 1 amide bonds. The van der Waals surface area contributed by atoms with Gasteiger partial charge in [-0.25, -0.2) is 4.79 Å². The number of aliphatic carboxylic acids is 1. The second-order valence-corrected chi connectivity index (χ2v) is 4.67. The molecule has 0 saturated carbocycles. The van der Waals surface area contributed by atoms with Gasteiger partial charge in [0.05, 0.1) is 0 Å². The Morgan fingerprint density at radius 3 is 2.88 bits per heavy atom. The van der Waals surface area contributed by atoms with E-state index >= 15 is 0 Å². The van der Waals surface area contributed by atoms with E-state index in [0.717, 1.165) is 6.42 Å². The number of amides is 1. The predicted octanol–water partition coefficient (Wildman–Crippen LogP) is 0.488. The number of carbonyl (C=O) groups is 2. The van der Waals surface area contributed by atoms with Crippen LogP contribution in [0.1, 0.15) is 19.3 Å². The summed E-state index contributed by atoms with van der Waals surface area (Å²) in [7, 11) is 0. The lowest BCUT2D eigenvalue weighted by atomic mass is 10.2. The summed E-state index contributed by atoms with van der Waals surface area (Å²) in [4.78, 5) is 22.5. The lowest BCUT2D eigenvalue weighted by Gasteiger charge is -2.16. The standard InChI is InChI=1S/C10H17NO4S/c1-16-6-4-7(10(13)14)11-9(12)8-3-2-5-15-8/h7-8H,2-6H2,1H3,(H,11,12)(H,13,14)/t7-,8?/m1/s1. The van der Waals surface area contributed by atoms with Crippen LogP contribution in [-0.2, 0) is 14.3 Å². The fourth-order valence-electron chi connectivity index (χ4n) is 1.54.